The summed E-state index contributed by atoms with van der Waals surface area (Å²) in [5.41, 5.74) is 0. The van der Waals surface area contributed by atoms with Crippen molar-refractivity contribution >= 4 is 34.8 Å². The normalized spacial score (nSPS) is 10.3. The van der Waals surface area contributed by atoms with Crippen molar-refractivity contribution < 1.29 is 25.8 Å². The Morgan fingerprint density at radius 2 is 1.41 bits per heavy atom. The van der Waals surface area contributed by atoms with Gasteiger partial charge in [-0.25, -0.2) is 0 Å². The SMILES string of the molecule is CP(C)c1cc2ccccc2[cH-]1.[Hf].c1ccc2[cH-]ccc2c1. The molecule has 0 aliphatic carbocycles. The Balaban J connectivity index is 0.000000159. The van der Waals surface area contributed by atoms with Crippen molar-refractivity contribution in [3.8, 4) is 0 Å². The molecule has 22 heavy (non-hydrogen) atoms. The van der Waals surface area contributed by atoms with Gasteiger partial charge in [-0.05, 0) is 13.3 Å². The van der Waals surface area contributed by atoms with Crippen LogP contribution >= 0.6 is 7.92 Å². The molecular weight excluding hydrogens is 450 g/mol. The fourth-order valence-corrected chi connectivity index (χ4v) is 3.26. The standard InChI is InChI=1S/C11H12P.C9H7.Hf/c1-12(2)11-7-9-5-3-4-6-10(9)8-11;1-2-5-9-7-3-6-8(9)4-1;/h3-8H,1-2H3;1-7H;/q2*-1;. The summed E-state index contributed by atoms with van der Waals surface area (Å²) in [5, 5.41) is 6.92. The fraction of sp³-hybridized carbons (Fsp3) is 0.100. The first-order chi connectivity index (χ1) is 10.2. The van der Waals surface area contributed by atoms with E-state index in [1.54, 1.807) is 0 Å². The van der Waals surface area contributed by atoms with Gasteiger partial charge in [0.05, 0.1) is 0 Å². The van der Waals surface area contributed by atoms with Crippen LogP contribution in [0.15, 0.2) is 78.9 Å². The predicted molar refractivity (Wildman–Crippen MR) is 97.5 cm³/mol. The molecule has 0 aliphatic heterocycles. The van der Waals surface area contributed by atoms with E-state index in [1.807, 2.05) is 0 Å². The van der Waals surface area contributed by atoms with E-state index in [4.69, 9.17) is 0 Å². The van der Waals surface area contributed by atoms with Gasteiger partial charge in [-0.2, -0.15) is 23.6 Å². The van der Waals surface area contributed by atoms with Gasteiger partial charge in [0.25, 0.3) is 0 Å². The summed E-state index contributed by atoms with van der Waals surface area (Å²) in [6.45, 7) is 4.59. The molecule has 0 nitrogen and oxygen atoms in total. The van der Waals surface area contributed by atoms with E-state index >= 15 is 0 Å². The maximum Gasteiger partial charge on any atom is 0 e. The molecule has 4 aromatic rings. The van der Waals surface area contributed by atoms with Crippen LogP contribution in [0.5, 0.6) is 0 Å². The first kappa shape index (κ1) is 17.3. The van der Waals surface area contributed by atoms with Gasteiger partial charge in [0.2, 0.25) is 0 Å². The van der Waals surface area contributed by atoms with Gasteiger partial charge in [0.1, 0.15) is 0 Å². The van der Waals surface area contributed by atoms with Crippen LogP contribution in [0.1, 0.15) is 0 Å². The Morgan fingerprint density at radius 3 is 2.05 bits per heavy atom. The van der Waals surface area contributed by atoms with Gasteiger partial charge >= 0.3 is 0 Å². The topological polar surface area (TPSA) is 0 Å². The summed E-state index contributed by atoms with van der Waals surface area (Å²) < 4.78 is 0. The van der Waals surface area contributed by atoms with Crippen molar-refractivity contribution in [1.82, 2.24) is 0 Å². The van der Waals surface area contributed by atoms with E-state index < -0.39 is 0 Å². The Hall–Kier alpha value is -1.04. The largest absolute Gasteiger partial charge is 0.168 e. The Labute approximate surface area is 152 Å². The third-order valence-corrected chi connectivity index (χ3v) is 4.96. The van der Waals surface area contributed by atoms with Crippen molar-refractivity contribution in [2.45, 2.75) is 0 Å². The molecule has 0 bridgehead atoms. The third kappa shape index (κ3) is 4.03. The second kappa shape index (κ2) is 7.99. The number of hydrogen-bond acceptors (Lipinski definition) is 0. The van der Waals surface area contributed by atoms with Crippen molar-refractivity contribution in [1.29, 1.82) is 0 Å². The maximum atomic E-state index is 2.31. The number of benzene rings is 2. The molecule has 2 heteroatoms. The third-order valence-electron chi connectivity index (χ3n) is 3.67. The Morgan fingerprint density at radius 1 is 0.773 bits per heavy atom. The number of rotatable bonds is 1. The van der Waals surface area contributed by atoms with Gasteiger partial charge < -0.3 is 0 Å². The van der Waals surface area contributed by atoms with Crippen molar-refractivity contribution in [2.75, 3.05) is 13.3 Å². The monoisotopic (exact) mass is 470 g/mol. The van der Waals surface area contributed by atoms with Crippen LogP contribution in [0.2, 0.25) is 0 Å². The summed E-state index contributed by atoms with van der Waals surface area (Å²) >= 11 is 0. The van der Waals surface area contributed by atoms with Gasteiger partial charge in [-0.3, -0.25) is 0 Å². The van der Waals surface area contributed by atoms with E-state index in [1.165, 1.54) is 26.8 Å². The van der Waals surface area contributed by atoms with Crippen LogP contribution < -0.4 is 5.30 Å². The predicted octanol–water partition coefficient (Wildman–Crippen LogP) is 5.48. The van der Waals surface area contributed by atoms with E-state index in [-0.39, 0.29) is 33.8 Å². The Kier molecular flexibility index (Phi) is 6.29. The average molecular weight is 469 g/mol. The molecular formula is C20H19HfP-2. The molecule has 110 valence electrons. The minimum atomic E-state index is 0. The zero-order valence-electron chi connectivity index (χ0n) is 13.0. The zero-order valence-corrected chi connectivity index (χ0v) is 17.4. The fourth-order valence-electron chi connectivity index (χ4n) is 2.46. The summed E-state index contributed by atoms with van der Waals surface area (Å²) in [6, 6.07) is 27.8. The van der Waals surface area contributed by atoms with Crippen molar-refractivity contribution in [2.24, 2.45) is 0 Å². The molecule has 0 N–H and O–H groups in total. The van der Waals surface area contributed by atoms with Crippen LogP contribution in [-0.4, -0.2) is 13.3 Å². The van der Waals surface area contributed by atoms with Crippen molar-refractivity contribution in [3.05, 3.63) is 78.9 Å². The molecule has 0 amide bonds. The maximum absolute atomic E-state index is 2.31. The second-order valence-electron chi connectivity index (χ2n) is 5.39. The Bertz CT molecular complexity index is 776. The molecule has 0 aliphatic rings. The molecule has 0 aromatic heterocycles. The smallest absolute Gasteiger partial charge is 0 e. The summed E-state index contributed by atoms with van der Waals surface area (Å²) in [6.07, 6.45) is 0. The molecule has 0 saturated heterocycles. The molecule has 0 heterocycles. The van der Waals surface area contributed by atoms with Crippen LogP contribution in [0, 0.1) is 0 Å². The molecule has 0 spiro atoms. The molecule has 0 fully saturated rings. The van der Waals surface area contributed by atoms with Gasteiger partial charge in [-0.15, -0.1) is 77.9 Å². The van der Waals surface area contributed by atoms with Crippen LogP contribution in [0.4, 0.5) is 0 Å². The summed E-state index contributed by atoms with van der Waals surface area (Å²) in [7, 11) is 0.0576. The van der Waals surface area contributed by atoms with E-state index in [0.29, 0.717) is 0 Å². The van der Waals surface area contributed by atoms with Crippen LogP contribution in [0.3, 0.4) is 0 Å². The number of fused-ring (bicyclic) bond motifs is 2. The molecule has 4 rings (SSSR count). The van der Waals surface area contributed by atoms with Gasteiger partial charge in [0, 0.05) is 25.8 Å². The van der Waals surface area contributed by atoms with E-state index in [2.05, 4.69) is 92.2 Å². The first-order valence-electron chi connectivity index (χ1n) is 7.17. The zero-order chi connectivity index (χ0) is 14.7. The van der Waals surface area contributed by atoms with Crippen LogP contribution in [0.25, 0.3) is 21.5 Å². The summed E-state index contributed by atoms with van der Waals surface area (Å²) in [4.78, 5) is 0. The van der Waals surface area contributed by atoms with Gasteiger partial charge in [0.15, 0.2) is 0 Å². The van der Waals surface area contributed by atoms with E-state index in [0.717, 1.165) is 0 Å². The molecule has 4 aromatic carbocycles. The van der Waals surface area contributed by atoms with Crippen molar-refractivity contribution in [3.63, 3.8) is 0 Å². The quantitative estimate of drug-likeness (QED) is 0.197. The average Bonchev–Trinajstić information content (AvgIpc) is 3.14. The van der Waals surface area contributed by atoms with Crippen LogP contribution in [-0.2, 0) is 25.8 Å². The molecule has 0 unspecified atom stereocenters. The molecule has 0 radical (unpaired) electrons. The second-order valence-corrected chi connectivity index (χ2v) is 7.70. The molecule has 0 atom stereocenters. The molecule has 0 saturated carbocycles. The number of hydrogen-bond donors (Lipinski definition) is 0. The van der Waals surface area contributed by atoms with E-state index in [9.17, 15) is 0 Å². The minimum Gasteiger partial charge on any atom is -0.168 e. The summed E-state index contributed by atoms with van der Waals surface area (Å²) in [5.74, 6) is 0. The first-order valence-corrected chi connectivity index (χ1v) is 9.41. The van der Waals surface area contributed by atoms with Gasteiger partial charge in [-0.1, -0.05) is 12.1 Å². The minimum absolute atomic E-state index is 0.